The van der Waals surface area contributed by atoms with E-state index in [2.05, 4.69) is 4.99 Å². The minimum absolute atomic E-state index is 0.0888. The Bertz CT molecular complexity index is 613. The molecule has 2 rings (SSSR count). The van der Waals surface area contributed by atoms with Crippen LogP contribution < -0.4 is 0 Å². The van der Waals surface area contributed by atoms with Gasteiger partial charge >= 0.3 is 0 Å². The Morgan fingerprint density at radius 2 is 2.06 bits per heavy atom. The van der Waals surface area contributed by atoms with Gasteiger partial charge in [-0.1, -0.05) is 11.3 Å². The van der Waals surface area contributed by atoms with Crippen molar-refractivity contribution in [2.24, 2.45) is 12.0 Å². The van der Waals surface area contributed by atoms with Crippen molar-refractivity contribution in [1.82, 2.24) is 4.57 Å². The van der Waals surface area contributed by atoms with Gasteiger partial charge in [0.15, 0.2) is 3.95 Å². The van der Waals surface area contributed by atoms with Crippen molar-refractivity contribution in [2.75, 3.05) is 0 Å². The van der Waals surface area contributed by atoms with Gasteiger partial charge in [0.05, 0.1) is 11.9 Å². The molecule has 0 amide bonds. The van der Waals surface area contributed by atoms with Crippen LogP contribution in [0, 0.1) is 9.77 Å². The smallest absolute Gasteiger partial charge is 0.211 e. The largest absolute Gasteiger partial charge is 0.493 e. The van der Waals surface area contributed by atoms with Crippen LogP contribution >= 0.6 is 23.6 Å². The van der Waals surface area contributed by atoms with Crippen molar-refractivity contribution >= 4 is 35.5 Å². The summed E-state index contributed by atoms with van der Waals surface area (Å²) in [7, 11) is 1.68. The molecule has 0 aliphatic carbocycles. The molecule has 1 aromatic heterocycles. The topological polar surface area (TPSA) is 37.5 Å². The molecule has 0 saturated heterocycles. The lowest BCUT2D eigenvalue weighted by Gasteiger charge is -1.94. The predicted molar refractivity (Wildman–Crippen MR) is 69.4 cm³/mol. The monoisotopic (exact) mass is 268 g/mol. The Morgan fingerprint density at radius 1 is 1.41 bits per heavy atom. The molecule has 0 atom stereocenters. The molecule has 0 saturated carbocycles. The molecule has 0 fully saturated rings. The van der Waals surface area contributed by atoms with E-state index in [-0.39, 0.29) is 11.7 Å². The van der Waals surface area contributed by atoms with Gasteiger partial charge in [-0.15, -0.1) is 0 Å². The van der Waals surface area contributed by atoms with Crippen molar-refractivity contribution in [2.45, 2.75) is 0 Å². The maximum absolute atomic E-state index is 12.7. The van der Waals surface area contributed by atoms with E-state index in [1.807, 2.05) is 0 Å². The quantitative estimate of drug-likeness (QED) is 0.669. The average molecular weight is 268 g/mol. The lowest BCUT2D eigenvalue weighted by Crippen LogP contribution is -1.85. The van der Waals surface area contributed by atoms with Crippen LogP contribution in [0.4, 0.5) is 10.1 Å². The van der Waals surface area contributed by atoms with Gasteiger partial charge in [-0.25, -0.2) is 4.39 Å². The zero-order chi connectivity index (χ0) is 12.4. The molecule has 0 spiro atoms. The van der Waals surface area contributed by atoms with Gasteiger partial charge in [-0.3, -0.25) is 9.56 Å². The SMILES string of the molecule is Cn1c(O)c(C=Nc2ccc(F)cc2)sc1=S. The zero-order valence-electron chi connectivity index (χ0n) is 8.92. The summed E-state index contributed by atoms with van der Waals surface area (Å²) < 4.78 is 14.7. The second-order valence-electron chi connectivity index (χ2n) is 3.35. The molecule has 3 nitrogen and oxygen atoms in total. The third-order valence-corrected chi connectivity index (χ3v) is 3.65. The highest BCUT2D eigenvalue weighted by atomic mass is 32.1. The van der Waals surface area contributed by atoms with E-state index in [0.717, 1.165) is 0 Å². The predicted octanol–water partition coefficient (Wildman–Crippen LogP) is 3.41. The molecule has 0 unspecified atom stereocenters. The molecule has 1 N–H and O–H groups in total. The number of rotatable bonds is 2. The molecule has 1 aromatic carbocycles. The standard InChI is InChI=1S/C11H9FN2OS2/c1-14-10(15)9(17-11(14)16)6-13-8-4-2-7(12)3-5-8/h2-6,15H,1H3. The molecule has 2 aromatic rings. The van der Waals surface area contributed by atoms with Crippen LogP contribution in [0.5, 0.6) is 5.88 Å². The molecule has 0 bridgehead atoms. The highest BCUT2D eigenvalue weighted by Gasteiger charge is 2.05. The van der Waals surface area contributed by atoms with E-state index in [1.165, 1.54) is 34.3 Å². The van der Waals surface area contributed by atoms with E-state index in [9.17, 15) is 9.50 Å². The molecule has 0 aliphatic rings. The molecule has 0 radical (unpaired) electrons. The molecule has 17 heavy (non-hydrogen) atoms. The van der Waals surface area contributed by atoms with Gasteiger partial charge in [0.2, 0.25) is 5.88 Å². The molecular weight excluding hydrogens is 259 g/mol. The third kappa shape index (κ3) is 2.59. The van der Waals surface area contributed by atoms with Gasteiger partial charge < -0.3 is 5.11 Å². The van der Waals surface area contributed by atoms with Crippen molar-refractivity contribution in [1.29, 1.82) is 0 Å². The van der Waals surface area contributed by atoms with E-state index >= 15 is 0 Å². The Kier molecular flexibility index (Phi) is 3.35. The van der Waals surface area contributed by atoms with Crippen LogP contribution in [0.1, 0.15) is 4.88 Å². The number of thiazole rings is 1. The van der Waals surface area contributed by atoms with Crippen molar-refractivity contribution in [3.8, 4) is 5.88 Å². The summed E-state index contributed by atoms with van der Waals surface area (Å²) in [6.07, 6.45) is 1.52. The van der Waals surface area contributed by atoms with Gasteiger partial charge in [0.25, 0.3) is 0 Å². The molecule has 0 aliphatic heterocycles. The minimum Gasteiger partial charge on any atom is -0.493 e. The highest BCUT2D eigenvalue weighted by molar-refractivity contribution is 7.73. The van der Waals surface area contributed by atoms with Gasteiger partial charge in [-0.2, -0.15) is 0 Å². The normalized spacial score (nSPS) is 11.2. The first-order valence-electron chi connectivity index (χ1n) is 4.76. The first-order valence-corrected chi connectivity index (χ1v) is 5.99. The van der Waals surface area contributed by atoms with Crippen molar-refractivity contribution < 1.29 is 9.50 Å². The maximum Gasteiger partial charge on any atom is 0.211 e. The Morgan fingerprint density at radius 3 is 2.59 bits per heavy atom. The molecule has 1 heterocycles. The van der Waals surface area contributed by atoms with Crippen LogP contribution in [-0.2, 0) is 7.05 Å². The Balaban J connectivity index is 2.29. The first kappa shape index (κ1) is 11.9. The summed E-state index contributed by atoms with van der Waals surface area (Å²) in [5.41, 5.74) is 0.618. The summed E-state index contributed by atoms with van der Waals surface area (Å²) in [6, 6.07) is 5.79. The minimum atomic E-state index is -0.304. The molecule has 6 heteroatoms. The summed E-state index contributed by atoms with van der Waals surface area (Å²) >= 11 is 6.29. The summed E-state index contributed by atoms with van der Waals surface area (Å²) in [4.78, 5) is 4.72. The van der Waals surface area contributed by atoms with E-state index < -0.39 is 0 Å². The van der Waals surface area contributed by atoms with Crippen molar-refractivity contribution in [3.05, 3.63) is 38.9 Å². The van der Waals surface area contributed by atoms with E-state index in [0.29, 0.717) is 14.5 Å². The van der Waals surface area contributed by atoms with E-state index in [4.69, 9.17) is 12.2 Å². The third-order valence-electron chi connectivity index (χ3n) is 2.17. The number of aliphatic imine (C=N–C) groups is 1. The first-order chi connectivity index (χ1) is 8.08. The summed E-state index contributed by atoms with van der Waals surface area (Å²) in [5, 5.41) is 9.70. The van der Waals surface area contributed by atoms with Gasteiger partial charge in [0.1, 0.15) is 10.7 Å². The number of hydrogen-bond acceptors (Lipinski definition) is 4. The van der Waals surface area contributed by atoms with E-state index in [1.54, 1.807) is 19.2 Å². The number of aromatic hydroxyl groups is 1. The Hall–Kier alpha value is -1.53. The fraction of sp³-hybridized carbons (Fsp3) is 0.0909. The second-order valence-corrected chi connectivity index (χ2v) is 5.03. The second kappa shape index (κ2) is 4.77. The number of benzene rings is 1. The number of nitrogens with zero attached hydrogens (tertiary/aromatic N) is 2. The Labute approximate surface area is 107 Å². The average Bonchev–Trinajstić information content (AvgIpc) is 2.56. The fourth-order valence-electron chi connectivity index (χ4n) is 1.20. The van der Waals surface area contributed by atoms with Gasteiger partial charge in [0, 0.05) is 7.05 Å². The zero-order valence-corrected chi connectivity index (χ0v) is 10.6. The number of aromatic nitrogens is 1. The lowest BCUT2D eigenvalue weighted by molar-refractivity contribution is 0.430. The van der Waals surface area contributed by atoms with Crippen LogP contribution in [-0.4, -0.2) is 15.9 Å². The molecule has 88 valence electrons. The number of halogens is 1. The summed E-state index contributed by atoms with van der Waals surface area (Å²) in [6.45, 7) is 0. The number of hydrogen-bond donors (Lipinski definition) is 1. The molecular formula is C11H9FN2OS2. The van der Waals surface area contributed by atoms with Crippen LogP contribution in [0.25, 0.3) is 0 Å². The summed E-state index contributed by atoms with van der Waals surface area (Å²) in [5.74, 6) is -0.215. The van der Waals surface area contributed by atoms with Crippen LogP contribution in [0.2, 0.25) is 0 Å². The van der Waals surface area contributed by atoms with Crippen LogP contribution in [0.15, 0.2) is 29.3 Å². The lowest BCUT2D eigenvalue weighted by atomic mass is 10.3. The van der Waals surface area contributed by atoms with Crippen LogP contribution in [0.3, 0.4) is 0 Å². The van der Waals surface area contributed by atoms with Gasteiger partial charge in [-0.05, 0) is 36.5 Å². The highest BCUT2D eigenvalue weighted by Crippen LogP contribution is 2.23. The van der Waals surface area contributed by atoms with Crippen molar-refractivity contribution in [3.63, 3.8) is 0 Å². The maximum atomic E-state index is 12.7. The fourth-order valence-corrected chi connectivity index (χ4v) is 2.31.